The van der Waals surface area contributed by atoms with Crippen LogP contribution in [-0.2, 0) is 26.7 Å². The number of halogens is 4. The molecule has 0 heterocycles. The van der Waals surface area contributed by atoms with Gasteiger partial charge < -0.3 is 5.32 Å². The van der Waals surface area contributed by atoms with E-state index in [-0.39, 0.29) is 10.6 Å². The molecule has 3 aromatic carbocycles. The number of anilines is 1. The number of nitrogens with zero attached hydrogens (tertiary/aromatic N) is 1. The number of sulfonamides is 1. The molecule has 0 aliphatic heterocycles. The quantitative estimate of drug-likeness (QED) is 0.294. The number of carbonyl (C=O) groups excluding carboxylic acids is 1. The number of alkyl halides is 3. The maximum atomic E-state index is 13.4. The molecule has 36 heavy (non-hydrogen) atoms. The minimum atomic E-state index is -4.80. The summed E-state index contributed by atoms with van der Waals surface area (Å²) in [4.78, 5) is 12.5. The molecular formula is C25H24ClF3N2O3S2. The van der Waals surface area contributed by atoms with Gasteiger partial charge in [-0.1, -0.05) is 60.1 Å². The number of carbonyl (C=O) groups is 1. The van der Waals surface area contributed by atoms with Gasteiger partial charge in [-0.05, 0) is 48.1 Å². The van der Waals surface area contributed by atoms with E-state index in [1.807, 2.05) is 30.3 Å². The average molecular weight is 557 g/mol. The van der Waals surface area contributed by atoms with Crippen molar-refractivity contribution >= 4 is 45.0 Å². The van der Waals surface area contributed by atoms with E-state index in [1.54, 1.807) is 17.8 Å². The number of amides is 1. The molecule has 0 aromatic heterocycles. The van der Waals surface area contributed by atoms with E-state index in [4.69, 9.17) is 11.6 Å². The molecule has 0 spiro atoms. The monoisotopic (exact) mass is 556 g/mol. The highest BCUT2D eigenvalue weighted by Crippen LogP contribution is 2.38. The molecule has 1 N–H and O–H groups in total. The summed E-state index contributed by atoms with van der Waals surface area (Å²) in [5.74, 6) is 0.967. The first-order valence-electron chi connectivity index (χ1n) is 10.9. The van der Waals surface area contributed by atoms with E-state index >= 15 is 0 Å². The van der Waals surface area contributed by atoms with E-state index in [0.717, 1.165) is 23.6 Å². The molecule has 3 aromatic rings. The van der Waals surface area contributed by atoms with Gasteiger partial charge in [-0.2, -0.15) is 24.9 Å². The lowest BCUT2D eigenvalue weighted by atomic mass is 10.2. The Morgan fingerprint density at radius 3 is 2.25 bits per heavy atom. The highest BCUT2D eigenvalue weighted by Gasteiger charge is 2.35. The summed E-state index contributed by atoms with van der Waals surface area (Å²) < 4.78 is 67.5. The summed E-state index contributed by atoms with van der Waals surface area (Å²) in [7, 11) is -4.34. The fraction of sp³-hybridized carbons (Fsp3) is 0.240. The normalized spacial score (nSPS) is 11.8. The molecule has 0 fully saturated rings. The largest absolute Gasteiger partial charge is 0.417 e. The molecular weight excluding hydrogens is 533 g/mol. The lowest BCUT2D eigenvalue weighted by Crippen LogP contribution is -2.41. The summed E-state index contributed by atoms with van der Waals surface area (Å²) in [6.45, 7) is -0.387. The standard InChI is InChI=1S/C25H24ClF3N2O3S2/c26-23-13-12-20(16-22(23)25(27,28)29)31(36(33,34)21-10-5-2-6-11-21)17-24(32)30-14-7-15-35-18-19-8-3-1-4-9-19/h1-6,8-13,16H,7,14-15,17-18H2,(H,30,32). The fourth-order valence-corrected chi connectivity index (χ4v) is 5.85. The van der Waals surface area contributed by atoms with E-state index in [9.17, 15) is 26.4 Å². The summed E-state index contributed by atoms with van der Waals surface area (Å²) in [6.07, 6.45) is -4.15. The lowest BCUT2D eigenvalue weighted by molar-refractivity contribution is -0.137. The third-order valence-corrected chi connectivity index (χ3v) is 8.29. The average Bonchev–Trinajstić information content (AvgIpc) is 2.85. The van der Waals surface area contributed by atoms with Crippen molar-refractivity contribution in [3.63, 3.8) is 0 Å². The van der Waals surface area contributed by atoms with Crippen molar-refractivity contribution in [1.29, 1.82) is 0 Å². The van der Waals surface area contributed by atoms with Crippen LogP contribution in [0.5, 0.6) is 0 Å². The first-order valence-corrected chi connectivity index (χ1v) is 13.9. The van der Waals surface area contributed by atoms with Crippen LogP contribution in [0.3, 0.4) is 0 Å². The highest BCUT2D eigenvalue weighted by molar-refractivity contribution is 7.98. The first kappa shape index (κ1) is 27.9. The van der Waals surface area contributed by atoms with Crippen LogP contribution in [0.4, 0.5) is 18.9 Å². The van der Waals surface area contributed by atoms with Crippen molar-refractivity contribution in [2.24, 2.45) is 0 Å². The second-order valence-corrected chi connectivity index (χ2v) is 11.1. The molecule has 0 aliphatic carbocycles. The Morgan fingerprint density at radius 1 is 0.972 bits per heavy atom. The van der Waals surface area contributed by atoms with Crippen molar-refractivity contribution < 1.29 is 26.4 Å². The summed E-state index contributed by atoms with van der Waals surface area (Å²) in [6, 6.07) is 19.9. The maximum Gasteiger partial charge on any atom is 0.417 e. The Labute approximate surface area is 217 Å². The number of hydrogen-bond donors (Lipinski definition) is 1. The number of hydrogen-bond acceptors (Lipinski definition) is 4. The van der Waals surface area contributed by atoms with Gasteiger partial charge >= 0.3 is 6.18 Å². The smallest absolute Gasteiger partial charge is 0.354 e. The number of benzene rings is 3. The summed E-state index contributed by atoms with van der Waals surface area (Å²) >= 11 is 7.40. The van der Waals surface area contributed by atoms with Crippen LogP contribution < -0.4 is 9.62 Å². The van der Waals surface area contributed by atoms with Crippen molar-refractivity contribution in [2.75, 3.05) is 23.1 Å². The first-order chi connectivity index (χ1) is 17.1. The Morgan fingerprint density at radius 2 is 1.61 bits per heavy atom. The third-order valence-electron chi connectivity index (χ3n) is 5.06. The van der Waals surface area contributed by atoms with Gasteiger partial charge in [0, 0.05) is 12.3 Å². The third kappa shape index (κ3) is 7.65. The van der Waals surface area contributed by atoms with Crippen LogP contribution in [-0.4, -0.2) is 33.2 Å². The lowest BCUT2D eigenvalue weighted by Gasteiger charge is -2.25. The molecule has 1 amide bonds. The zero-order valence-electron chi connectivity index (χ0n) is 19.0. The molecule has 0 saturated carbocycles. The molecule has 0 bridgehead atoms. The molecule has 3 rings (SSSR count). The molecule has 11 heteroatoms. The zero-order chi connectivity index (χ0) is 26.2. The van der Waals surface area contributed by atoms with Crippen LogP contribution >= 0.6 is 23.4 Å². The molecule has 0 unspecified atom stereocenters. The SMILES string of the molecule is O=C(CN(c1ccc(Cl)c(C(F)(F)F)c1)S(=O)(=O)c1ccccc1)NCCCSCc1ccccc1. The predicted molar refractivity (Wildman–Crippen MR) is 138 cm³/mol. The summed E-state index contributed by atoms with van der Waals surface area (Å²) in [5, 5.41) is 2.09. The van der Waals surface area contributed by atoms with Gasteiger partial charge in [0.1, 0.15) is 6.54 Å². The van der Waals surface area contributed by atoms with Crippen LogP contribution in [0, 0.1) is 0 Å². The zero-order valence-corrected chi connectivity index (χ0v) is 21.4. The minimum absolute atomic E-state index is 0.154. The van der Waals surface area contributed by atoms with Crippen molar-refractivity contribution in [1.82, 2.24) is 5.32 Å². The van der Waals surface area contributed by atoms with Crippen LogP contribution in [0.1, 0.15) is 17.5 Å². The van der Waals surface area contributed by atoms with Crippen molar-refractivity contribution in [3.8, 4) is 0 Å². The molecule has 0 saturated heterocycles. The topological polar surface area (TPSA) is 66.5 Å². The van der Waals surface area contributed by atoms with E-state index in [2.05, 4.69) is 5.32 Å². The van der Waals surface area contributed by atoms with Gasteiger partial charge in [0.15, 0.2) is 0 Å². The highest BCUT2D eigenvalue weighted by atomic mass is 35.5. The number of rotatable bonds is 11. The van der Waals surface area contributed by atoms with Gasteiger partial charge in [-0.15, -0.1) is 0 Å². The number of thioether (sulfide) groups is 1. The fourth-order valence-electron chi connectivity index (χ4n) is 3.27. The second-order valence-electron chi connectivity index (χ2n) is 7.73. The van der Waals surface area contributed by atoms with Gasteiger partial charge in [0.05, 0.1) is 21.2 Å². The maximum absolute atomic E-state index is 13.4. The molecule has 0 atom stereocenters. The van der Waals surface area contributed by atoms with Crippen molar-refractivity contribution in [2.45, 2.75) is 23.2 Å². The van der Waals surface area contributed by atoms with Gasteiger partial charge in [0.2, 0.25) is 5.91 Å². The molecule has 0 aliphatic rings. The Balaban J connectivity index is 1.70. The van der Waals surface area contributed by atoms with E-state index in [1.165, 1.54) is 29.8 Å². The minimum Gasteiger partial charge on any atom is -0.354 e. The van der Waals surface area contributed by atoms with Gasteiger partial charge in [-0.25, -0.2) is 8.42 Å². The molecule has 5 nitrogen and oxygen atoms in total. The Bertz CT molecular complexity index is 1260. The number of nitrogens with one attached hydrogen (secondary N) is 1. The van der Waals surface area contributed by atoms with Crippen LogP contribution in [0.2, 0.25) is 5.02 Å². The second kappa shape index (κ2) is 12.5. The molecule has 0 radical (unpaired) electrons. The van der Waals surface area contributed by atoms with Gasteiger partial charge in [-0.3, -0.25) is 9.10 Å². The van der Waals surface area contributed by atoms with E-state index < -0.39 is 39.2 Å². The van der Waals surface area contributed by atoms with E-state index in [0.29, 0.717) is 23.3 Å². The van der Waals surface area contributed by atoms with Crippen molar-refractivity contribution in [3.05, 3.63) is 95.0 Å². The summed E-state index contributed by atoms with van der Waals surface area (Å²) in [5.41, 5.74) is -0.315. The molecule has 192 valence electrons. The Hall–Kier alpha value is -2.69. The van der Waals surface area contributed by atoms with Crippen LogP contribution in [0.25, 0.3) is 0 Å². The predicted octanol–water partition coefficient (Wildman–Crippen LogP) is 5.99. The van der Waals surface area contributed by atoms with Crippen LogP contribution in [0.15, 0.2) is 83.8 Å². The Kier molecular flexibility index (Phi) is 9.69. The van der Waals surface area contributed by atoms with Gasteiger partial charge in [0.25, 0.3) is 10.0 Å².